The van der Waals surface area contributed by atoms with Crippen LogP contribution < -0.4 is 10.6 Å². The summed E-state index contributed by atoms with van der Waals surface area (Å²) >= 11 is 6.29. The minimum absolute atomic E-state index is 0.135. The van der Waals surface area contributed by atoms with Crippen LogP contribution in [0.25, 0.3) is 0 Å². The lowest BCUT2D eigenvalue weighted by Crippen LogP contribution is -2.48. The largest absolute Gasteiger partial charge is 0.340 e. The molecule has 0 spiro atoms. The van der Waals surface area contributed by atoms with Crippen LogP contribution in [0.5, 0.6) is 0 Å². The smallest absolute Gasteiger partial charge is 0.238 e. The van der Waals surface area contributed by atoms with E-state index >= 15 is 0 Å². The van der Waals surface area contributed by atoms with E-state index in [1.807, 2.05) is 26.0 Å². The van der Waals surface area contributed by atoms with Gasteiger partial charge < -0.3 is 9.84 Å². The molecule has 7 heteroatoms. The van der Waals surface area contributed by atoms with E-state index in [2.05, 4.69) is 20.8 Å². The van der Waals surface area contributed by atoms with E-state index in [1.54, 1.807) is 6.92 Å². The molecular formula is C19H25ClN4O2. The van der Waals surface area contributed by atoms with E-state index in [4.69, 9.17) is 16.1 Å². The van der Waals surface area contributed by atoms with Crippen molar-refractivity contribution in [2.45, 2.75) is 58.4 Å². The van der Waals surface area contributed by atoms with Crippen molar-refractivity contribution in [3.05, 3.63) is 40.0 Å². The maximum atomic E-state index is 12.5. The van der Waals surface area contributed by atoms with Crippen molar-refractivity contribution in [1.29, 1.82) is 0 Å². The Hall–Kier alpha value is -1.92. The number of nitrogens with zero attached hydrogens (tertiary/aromatic N) is 2. The van der Waals surface area contributed by atoms with Crippen molar-refractivity contribution < 1.29 is 9.32 Å². The number of carbonyl (C=O) groups is 1. The molecule has 1 aromatic carbocycles. The first-order valence-electron chi connectivity index (χ1n) is 9.02. The fourth-order valence-corrected chi connectivity index (χ4v) is 4.00. The second-order valence-corrected chi connectivity index (χ2v) is 7.53. The van der Waals surface area contributed by atoms with E-state index in [0.29, 0.717) is 22.4 Å². The Labute approximate surface area is 158 Å². The molecule has 0 bridgehead atoms. The summed E-state index contributed by atoms with van der Waals surface area (Å²) in [6, 6.07) is 3.85. The predicted octanol–water partition coefficient (Wildman–Crippen LogP) is 4.04. The lowest BCUT2D eigenvalue weighted by Gasteiger charge is -2.35. The minimum atomic E-state index is -0.403. The fraction of sp³-hybridized carbons (Fsp3) is 0.526. The van der Waals surface area contributed by atoms with Gasteiger partial charge in [0.05, 0.1) is 22.8 Å². The quantitative estimate of drug-likeness (QED) is 0.823. The van der Waals surface area contributed by atoms with Crippen LogP contribution in [-0.2, 0) is 10.3 Å². The number of benzene rings is 1. The molecule has 1 aliphatic rings. The van der Waals surface area contributed by atoms with Gasteiger partial charge in [0.2, 0.25) is 11.8 Å². The summed E-state index contributed by atoms with van der Waals surface area (Å²) in [6.07, 6.45) is 5.12. The summed E-state index contributed by atoms with van der Waals surface area (Å²) in [7, 11) is 0. The molecule has 0 saturated heterocycles. The van der Waals surface area contributed by atoms with Gasteiger partial charge in [-0.1, -0.05) is 42.1 Å². The fourth-order valence-electron chi connectivity index (χ4n) is 3.64. The molecule has 1 amide bonds. The van der Waals surface area contributed by atoms with Gasteiger partial charge in [0.25, 0.3) is 0 Å². The van der Waals surface area contributed by atoms with Crippen LogP contribution in [-0.4, -0.2) is 22.6 Å². The third kappa shape index (κ3) is 4.07. The first-order valence-corrected chi connectivity index (χ1v) is 9.40. The molecule has 1 saturated carbocycles. The van der Waals surface area contributed by atoms with Gasteiger partial charge in [-0.15, -0.1) is 0 Å². The second kappa shape index (κ2) is 7.76. The number of aryl methyl sites for hydroxylation is 3. The molecule has 140 valence electrons. The van der Waals surface area contributed by atoms with Gasteiger partial charge in [-0.05, 0) is 43.9 Å². The van der Waals surface area contributed by atoms with E-state index in [0.717, 1.165) is 36.8 Å². The topological polar surface area (TPSA) is 80.0 Å². The lowest BCUT2D eigenvalue weighted by atomic mass is 9.81. The summed E-state index contributed by atoms with van der Waals surface area (Å²) in [5.41, 5.74) is 2.28. The molecular weight excluding hydrogens is 352 g/mol. The average Bonchev–Trinajstić information content (AvgIpc) is 3.04. The monoisotopic (exact) mass is 376 g/mol. The molecule has 1 fully saturated rings. The van der Waals surface area contributed by atoms with Gasteiger partial charge >= 0.3 is 0 Å². The molecule has 1 heterocycles. The van der Waals surface area contributed by atoms with Crippen molar-refractivity contribution >= 4 is 23.2 Å². The van der Waals surface area contributed by atoms with Crippen molar-refractivity contribution in [2.75, 3.05) is 11.9 Å². The summed E-state index contributed by atoms with van der Waals surface area (Å²) in [5, 5.41) is 11.0. The molecule has 2 N–H and O–H groups in total. The maximum Gasteiger partial charge on any atom is 0.238 e. The summed E-state index contributed by atoms with van der Waals surface area (Å²) in [4.78, 5) is 16.9. The SMILES string of the molecule is Cc1cc(C)c(NC(=O)CNC2(c3noc(C)n3)CCCCC2)c(Cl)c1. The minimum Gasteiger partial charge on any atom is -0.340 e. The number of halogens is 1. The Kier molecular flexibility index (Phi) is 5.63. The highest BCUT2D eigenvalue weighted by atomic mass is 35.5. The molecule has 6 nitrogen and oxygen atoms in total. The zero-order valence-corrected chi connectivity index (χ0v) is 16.2. The van der Waals surface area contributed by atoms with Crippen LogP contribution >= 0.6 is 11.6 Å². The van der Waals surface area contributed by atoms with E-state index in [1.165, 1.54) is 6.42 Å². The molecule has 1 aliphatic carbocycles. The standard InChI is InChI=1S/C19H25ClN4O2/c1-12-9-13(2)17(15(20)10-12)23-16(25)11-21-19(7-5-4-6-8-19)18-22-14(3)26-24-18/h9-10,21H,4-8,11H2,1-3H3,(H,23,25). The lowest BCUT2D eigenvalue weighted by molar-refractivity contribution is -0.115. The number of anilines is 1. The highest BCUT2D eigenvalue weighted by molar-refractivity contribution is 6.34. The third-order valence-corrected chi connectivity index (χ3v) is 5.24. The van der Waals surface area contributed by atoms with Gasteiger partial charge in [-0.25, -0.2) is 0 Å². The number of rotatable bonds is 5. The normalized spacial score (nSPS) is 16.5. The number of nitrogens with one attached hydrogen (secondary N) is 2. The number of aromatic nitrogens is 2. The van der Waals surface area contributed by atoms with Crippen LogP contribution in [0.2, 0.25) is 5.02 Å². The second-order valence-electron chi connectivity index (χ2n) is 7.12. The first-order chi connectivity index (χ1) is 12.4. The summed E-state index contributed by atoms with van der Waals surface area (Å²) in [5.74, 6) is 1.05. The van der Waals surface area contributed by atoms with Crippen LogP contribution in [0.4, 0.5) is 5.69 Å². The van der Waals surface area contributed by atoms with Gasteiger partial charge in [0.1, 0.15) is 0 Å². The van der Waals surface area contributed by atoms with E-state index in [9.17, 15) is 4.79 Å². The molecule has 0 radical (unpaired) electrons. The van der Waals surface area contributed by atoms with Crippen molar-refractivity contribution in [1.82, 2.24) is 15.5 Å². The van der Waals surface area contributed by atoms with E-state index in [-0.39, 0.29) is 12.5 Å². The molecule has 0 aliphatic heterocycles. The number of hydrogen-bond acceptors (Lipinski definition) is 5. The van der Waals surface area contributed by atoms with E-state index < -0.39 is 5.54 Å². The molecule has 1 aromatic heterocycles. The Morgan fingerprint density at radius 3 is 2.58 bits per heavy atom. The Balaban J connectivity index is 1.70. The summed E-state index contributed by atoms with van der Waals surface area (Å²) in [6.45, 7) is 5.86. The van der Waals surface area contributed by atoms with Crippen molar-refractivity contribution in [3.63, 3.8) is 0 Å². The van der Waals surface area contributed by atoms with Gasteiger partial charge in [0, 0.05) is 6.92 Å². The number of hydrogen-bond donors (Lipinski definition) is 2. The van der Waals surface area contributed by atoms with Crippen LogP contribution in [0.15, 0.2) is 16.7 Å². The Morgan fingerprint density at radius 1 is 1.23 bits per heavy atom. The van der Waals surface area contributed by atoms with Crippen molar-refractivity contribution in [2.24, 2.45) is 0 Å². The zero-order chi connectivity index (χ0) is 18.7. The highest BCUT2D eigenvalue weighted by Gasteiger charge is 2.38. The van der Waals surface area contributed by atoms with Gasteiger partial charge in [-0.3, -0.25) is 10.1 Å². The first kappa shape index (κ1) is 18.9. The Morgan fingerprint density at radius 2 is 1.96 bits per heavy atom. The molecule has 26 heavy (non-hydrogen) atoms. The predicted molar refractivity (Wildman–Crippen MR) is 101 cm³/mol. The van der Waals surface area contributed by atoms with Crippen molar-refractivity contribution in [3.8, 4) is 0 Å². The molecule has 0 unspecified atom stereocenters. The van der Waals surface area contributed by atoms with Gasteiger partial charge in [0.15, 0.2) is 5.82 Å². The van der Waals surface area contributed by atoms with Gasteiger partial charge in [-0.2, -0.15) is 4.98 Å². The summed E-state index contributed by atoms with van der Waals surface area (Å²) < 4.78 is 5.17. The third-order valence-electron chi connectivity index (χ3n) is 4.95. The van der Waals surface area contributed by atoms with Crippen LogP contribution in [0, 0.1) is 20.8 Å². The highest BCUT2D eigenvalue weighted by Crippen LogP contribution is 2.35. The molecule has 3 rings (SSSR count). The Bertz CT molecular complexity index is 774. The molecule has 0 atom stereocenters. The van der Waals surface area contributed by atoms with Crippen LogP contribution in [0.3, 0.4) is 0 Å². The number of amides is 1. The average molecular weight is 377 g/mol. The number of carbonyl (C=O) groups excluding carboxylic acids is 1. The maximum absolute atomic E-state index is 12.5. The zero-order valence-electron chi connectivity index (χ0n) is 15.5. The molecule has 2 aromatic rings. The van der Waals surface area contributed by atoms with Crippen LogP contribution in [0.1, 0.15) is 54.9 Å².